The van der Waals surface area contributed by atoms with Crippen molar-refractivity contribution in [1.82, 2.24) is 15.0 Å². The molecule has 2 aromatic heterocycles. The Hall–Kier alpha value is -1.94. The second-order valence-corrected chi connectivity index (χ2v) is 5.39. The van der Waals surface area contributed by atoms with Gasteiger partial charge in [0.1, 0.15) is 0 Å². The summed E-state index contributed by atoms with van der Waals surface area (Å²) in [6, 6.07) is 8.19. The number of nitrogens with zero attached hydrogens (tertiary/aromatic N) is 2. The highest BCUT2D eigenvalue weighted by Crippen LogP contribution is 2.26. The van der Waals surface area contributed by atoms with Gasteiger partial charge in [-0.1, -0.05) is 24.3 Å². The van der Waals surface area contributed by atoms with E-state index in [1.807, 2.05) is 18.2 Å². The smallest absolute Gasteiger partial charge is 0.167 e. The highest BCUT2D eigenvalue weighted by Gasteiger charge is 2.09. The van der Waals surface area contributed by atoms with E-state index < -0.39 is 0 Å². The van der Waals surface area contributed by atoms with Crippen molar-refractivity contribution >= 4 is 33.7 Å². The van der Waals surface area contributed by atoms with Crippen molar-refractivity contribution in [2.45, 2.75) is 12.8 Å². The predicted octanol–water partition coefficient (Wildman–Crippen LogP) is 2.04. The zero-order valence-corrected chi connectivity index (χ0v) is 10.5. The number of thiazole rings is 1. The maximum absolute atomic E-state index is 4.62. The van der Waals surface area contributed by atoms with Crippen LogP contribution in [-0.4, -0.2) is 15.0 Å². The molecule has 0 amide bonds. The van der Waals surface area contributed by atoms with E-state index in [0.717, 1.165) is 39.9 Å². The first-order chi connectivity index (χ1) is 8.90. The van der Waals surface area contributed by atoms with E-state index >= 15 is 0 Å². The summed E-state index contributed by atoms with van der Waals surface area (Å²) in [4.78, 5) is 12.6. The van der Waals surface area contributed by atoms with Crippen molar-refractivity contribution in [3.05, 3.63) is 35.0 Å². The Bertz CT molecular complexity index is 775. The minimum absolute atomic E-state index is 0.885. The average molecular weight is 253 g/mol. The number of rotatable bonds is 1. The molecule has 0 saturated heterocycles. The normalized spacial score (nSPS) is 14.0. The van der Waals surface area contributed by atoms with Gasteiger partial charge in [0.15, 0.2) is 10.8 Å². The first kappa shape index (κ1) is 10.0. The van der Waals surface area contributed by atoms with Gasteiger partial charge < -0.3 is 4.98 Å². The summed E-state index contributed by atoms with van der Waals surface area (Å²) in [5.41, 5.74) is 1.04. The first-order valence-electron chi connectivity index (χ1n) is 6.02. The van der Waals surface area contributed by atoms with Crippen LogP contribution < -0.4 is 10.7 Å². The van der Waals surface area contributed by atoms with Gasteiger partial charge in [0, 0.05) is 0 Å². The molecule has 88 valence electrons. The van der Waals surface area contributed by atoms with E-state index in [0.29, 0.717) is 0 Å². The molecule has 2 heterocycles. The molecule has 0 unspecified atom stereocenters. The van der Waals surface area contributed by atoms with Gasteiger partial charge in [0.25, 0.3) is 0 Å². The Labute approximate surface area is 108 Å². The predicted molar refractivity (Wildman–Crippen MR) is 74.6 cm³/mol. The lowest BCUT2D eigenvalue weighted by Gasteiger charge is -1.89. The Morgan fingerprint density at radius 3 is 2.83 bits per heavy atom. The van der Waals surface area contributed by atoms with E-state index in [4.69, 9.17) is 0 Å². The van der Waals surface area contributed by atoms with Gasteiger partial charge in [-0.05, 0) is 25.0 Å². The number of aromatic nitrogens is 3. The molecular weight excluding hydrogens is 242 g/mol. The van der Waals surface area contributed by atoms with Crippen molar-refractivity contribution in [2.75, 3.05) is 0 Å². The third-order valence-electron chi connectivity index (χ3n) is 3.11. The summed E-state index contributed by atoms with van der Waals surface area (Å²) in [5.74, 6) is 0.885. The molecule has 3 nitrogen and oxygen atoms in total. The SMILES string of the molecule is C1=c2nc(-c3nc4ccccc4s3)[nH]c2=CCC1. The van der Waals surface area contributed by atoms with E-state index in [-0.39, 0.29) is 0 Å². The van der Waals surface area contributed by atoms with Crippen LogP contribution in [0.25, 0.3) is 33.2 Å². The van der Waals surface area contributed by atoms with Gasteiger partial charge in [0.2, 0.25) is 0 Å². The maximum atomic E-state index is 4.62. The molecule has 0 atom stereocenters. The minimum atomic E-state index is 0.885. The fraction of sp³-hybridized carbons (Fsp3) is 0.143. The summed E-state index contributed by atoms with van der Waals surface area (Å²) < 4.78 is 1.20. The highest BCUT2D eigenvalue weighted by atomic mass is 32.1. The number of hydrogen-bond acceptors (Lipinski definition) is 3. The van der Waals surface area contributed by atoms with E-state index in [2.05, 4.69) is 33.2 Å². The number of aromatic amines is 1. The fourth-order valence-corrected chi connectivity index (χ4v) is 3.14. The molecule has 3 aromatic rings. The van der Waals surface area contributed by atoms with Crippen molar-refractivity contribution in [1.29, 1.82) is 0 Å². The molecule has 1 aromatic carbocycles. The van der Waals surface area contributed by atoms with Crippen LogP contribution in [0, 0.1) is 0 Å². The van der Waals surface area contributed by atoms with Crippen LogP contribution in [0.4, 0.5) is 0 Å². The molecule has 0 spiro atoms. The van der Waals surface area contributed by atoms with Crippen molar-refractivity contribution < 1.29 is 0 Å². The highest BCUT2D eigenvalue weighted by molar-refractivity contribution is 7.21. The Morgan fingerprint density at radius 1 is 1.06 bits per heavy atom. The van der Waals surface area contributed by atoms with Gasteiger partial charge in [0.05, 0.1) is 20.9 Å². The monoisotopic (exact) mass is 253 g/mol. The Kier molecular flexibility index (Phi) is 2.11. The Balaban J connectivity index is 1.95. The molecule has 0 bridgehead atoms. The van der Waals surface area contributed by atoms with E-state index in [1.54, 1.807) is 11.3 Å². The third-order valence-corrected chi connectivity index (χ3v) is 4.15. The number of hydrogen-bond donors (Lipinski definition) is 1. The van der Waals surface area contributed by atoms with Crippen LogP contribution in [0.2, 0.25) is 0 Å². The average Bonchev–Trinajstić information content (AvgIpc) is 3.02. The lowest BCUT2D eigenvalue weighted by Crippen LogP contribution is -2.26. The quantitative estimate of drug-likeness (QED) is 0.721. The van der Waals surface area contributed by atoms with Gasteiger partial charge in [-0.3, -0.25) is 0 Å². The lowest BCUT2D eigenvalue weighted by atomic mass is 10.2. The molecule has 0 aliphatic heterocycles. The van der Waals surface area contributed by atoms with Crippen molar-refractivity contribution in [2.24, 2.45) is 0 Å². The molecule has 4 rings (SSSR count). The van der Waals surface area contributed by atoms with Gasteiger partial charge in [-0.15, -0.1) is 11.3 Å². The number of para-hydroxylation sites is 1. The van der Waals surface area contributed by atoms with Crippen LogP contribution >= 0.6 is 11.3 Å². The molecule has 1 aliphatic carbocycles. The molecule has 4 heteroatoms. The number of imidazole rings is 1. The van der Waals surface area contributed by atoms with Crippen molar-refractivity contribution in [3.63, 3.8) is 0 Å². The second kappa shape index (κ2) is 3.78. The summed E-state index contributed by atoms with van der Waals surface area (Å²) in [7, 11) is 0. The lowest BCUT2D eigenvalue weighted by molar-refractivity contribution is 1.09. The second-order valence-electron chi connectivity index (χ2n) is 4.36. The minimum Gasteiger partial charge on any atom is -0.336 e. The zero-order chi connectivity index (χ0) is 11.9. The molecule has 0 saturated carbocycles. The summed E-state index contributed by atoms with van der Waals surface area (Å²) in [6.45, 7) is 0. The molecule has 0 radical (unpaired) electrons. The molecule has 0 fully saturated rings. The largest absolute Gasteiger partial charge is 0.336 e. The Morgan fingerprint density at radius 2 is 1.94 bits per heavy atom. The fourth-order valence-electron chi connectivity index (χ4n) is 2.23. The van der Waals surface area contributed by atoms with Crippen molar-refractivity contribution in [3.8, 4) is 10.8 Å². The first-order valence-corrected chi connectivity index (χ1v) is 6.84. The third kappa shape index (κ3) is 1.49. The molecule has 1 aliphatic rings. The van der Waals surface area contributed by atoms with Gasteiger partial charge in [-0.25, -0.2) is 9.97 Å². The maximum Gasteiger partial charge on any atom is 0.167 e. The summed E-state index contributed by atoms with van der Waals surface area (Å²) >= 11 is 1.68. The topological polar surface area (TPSA) is 41.6 Å². The molecular formula is C14H11N3S. The van der Waals surface area contributed by atoms with Crippen LogP contribution in [0.5, 0.6) is 0 Å². The standard InChI is InChI=1S/C14H11N3S/c1-2-6-10-9(5-1)15-13(16-10)14-17-11-7-3-4-8-12(11)18-14/h3-8H,1-2H2,(H,15,16). The summed E-state index contributed by atoms with van der Waals surface area (Å²) in [6.07, 6.45) is 6.56. The number of H-pyrrole nitrogens is 1. The number of benzene rings is 1. The van der Waals surface area contributed by atoms with Crippen LogP contribution in [0.3, 0.4) is 0 Å². The number of nitrogens with one attached hydrogen (secondary N) is 1. The van der Waals surface area contributed by atoms with Gasteiger partial charge >= 0.3 is 0 Å². The van der Waals surface area contributed by atoms with Crippen LogP contribution in [-0.2, 0) is 0 Å². The van der Waals surface area contributed by atoms with Gasteiger partial charge in [-0.2, -0.15) is 0 Å². The van der Waals surface area contributed by atoms with Crippen LogP contribution in [0.15, 0.2) is 24.3 Å². The van der Waals surface area contributed by atoms with E-state index in [1.165, 1.54) is 4.70 Å². The zero-order valence-electron chi connectivity index (χ0n) is 9.68. The molecule has 1 N–H and O–H groups in total. The van der Waals surface area contributed by atoms with Crippen LogP contribution in [0.1, 0.15) is 12.8 Å². The van der Waals surface area contributed by atoms with E-state index in [9.17, 15) is 0 Å². The molecule has 18 heavy (non-hydrogen) atoms. The summed E-state index contributed by atoms with van der Waals surface area (Å²) in [5, 5.41) is 3.17. The number of fused-ring (bicyclic) bond motifs is 2.